The van der Waals surface area contributed by atoms with Crippen molar-refractivity contribution in [3.63, 3.8) is 0 Å². The number of hydrogen-bond donors (Lipinski definition) is 2. The number of halogens is 1. The molecular weight excluding hydrogens is 265 g/mol. The van der Waals surface area contributed by atoms with Gasteiger partial charge in [-0.05, 0) is 24.7 Å². The van der Waals surface area contributed by atoms with Crippen molar-refractivity contribution >= 4 is 6.03 Å². The second-order valence-electron chi connectivity index (χ2n) is 5.56. The highest BCUT2D eigenvalue weighted by Crippen LogP contribution is 2.28. The molecule has 1 aliphatic rings. The summed E-state index contributed by atoms with van der Waals surface area (Å²) in [5, 5.41) is 2.74. The first-order valence-electron chi connectivity index (χ1n) is 6.71. The van der Waals surface area contributed by atoms with Gasteiger partial charge < -0.3 is 5.32 Å². The second kappa shape index (κ2) is 5.60. The van der Waals surface area contributed by atoms with Crippen molar-refractivity contribution in [2.24, 2.45) is 11.8 Å². The lowest BCUT2D eigenvalue weighted by Gasteiger charge is -2.33. The molecule has 1 heterocycles. The lowest BCUT2D eigenvalue weighted by molar-refractivity contribution is 0.206. The van der Waals surface area contributed by atoms with Gasteiger partial charge in [0.15, 0.2) is 0 Å². The maximum Gasteiger partial charge on any atom is 0.336 e. The maximum absolute atomic E-state index is 13.2. The summed E-state index contributed by atoms with van der Waals surface area (Å²) in [5.74, 6) is -0.358. The van der Waals surface area contributed by atoms with E-state index in [0.29, 0.717) is 22.6 Å². The molecule has 1 aromatic rings. The average molecular weight is 283 g/mol. The van der Waals surface area contributed by atoms with Gasteiger partial charge in [0.05, 0.1) is 6.20 Å². The SMILES string of the molecule is CC1CCC(C)C(NC(=O)n2cc(F)c(=O)[nH]c2=O)C1. The summed E-state index contributed by atoms with van der Waals surface area (Å²) < 4.78 is 13.7. The third-order valence-corrected chi connectivity index (χ3v) is 3.88. The van der Waals surface area contributed by atoms with Gasteiger partial charge in [-0.25, -0.2) is 14.2 Å². The normalized spacial score (nSPS) is 26.2. The minimum absolute atomic E-state index is 0.0480. The smallest absolute Gasteiger partial charge is 0.334 e. The topological polar surface area (TPSA) is 84.0 Å². The lowest BCUT2D eigenvalue weighted by atomic mass is 9.80. The third-order valence-electron chi connectivity index (χ3n) is 3.88. The van der Waals surface area contributed by atoms with Crippen LogP contribution < -0.4 is 16.6 Å². The summed E-state index contributed by atoms with van der Waals surface area (Å²) in [6.45, 7) is 4.14. The quantitative estimate of drug-likeness (QED) is 0.808. The number of carbonyl (C=O) groups is 1. The Balaban J connectivity index is 2.18. The van der Waals surface area contributed by atoms with Gasteiger partial charge in [-0.1, -0.05) is 20.3 Å². The van der Waals surface area contributed by atoms with Gasteiger partial charge in [0.1, 0.15) is 0 Å². The van der Waals surface area contributed by atoms with Gasteiger partial charge >= 0.3 is 11.7 Å². The Morgan fingerprint density at radius 2 is 2.10 bits per heavy atom. The molecule has 0 radical (unpaired) electrons. The van der Waals surface area contributed by atoms with E-state index in [2.05, 4.69) is 12.2 Å². The molecule has 6 nitrogen and oxygen atoms in total. The minimum Gasteiger partial charge on any atom is -0.334 e. The average Bonchev–Trinajstić information content (AvgIpc) is 2.38. The Labute approximate surface area is 115 Å². The number of rotatable bonds is 1. The first-order valence-corrected chi connectivity index (χ1v) is 6.71. The Kier molecular flexibility index (Phi) is 4.06. The maximum atomic E-state index is 13.2. The van der Waals surface area contributed by atoms with E-state index in [1.807, 2.05) is 6.92 Å². The molecule has 0 aromatic carbocycles. The van der Waals surface area contributed by atoms with Crippen LogP contribution in [0.5, 0.6) is 0 Å². The summed E-state index contributed by atoms with van der Waals surface area (Å²) >= 11 is 0. The highest BCUT2D eigenvalue weighted by atomic mass is 19.1. The van der Waals surface area contributed by atoms with Crippen LogP contribution in [-0.4, -0.2) is 21.6 Å². The molecule has 7 heteroatoms. The molecule has 2 rings (SSSR count). The van der Waals surface area contributed by atoms with Gasteiger partial charge in [0, 0.05) is 6.04 Å². The summed E-state index contributed by atoms with van der Waals surface area (Å²) in [6.07, 6.45) is 3.56. The first-order chi connectivity index (χ1) is 9.38. The molecule has 110 valence electrons. The van der Waals surface area contributed by atoms with Crippen LogP contribution in [0.3, 0.4) is 0 Å². The molecule has 1 aliphatic carbocycles. The predicted molar refractivity (Wildman–Crippen MR) is 71.2 cm³/mol. The van der Waals surface area contributed by atoms with E-state index in [1.165, 1.54) is 0 Å². The highest BCUT2D eigenvalue weighted by Gasteiger charge is 2.27. The molecule has 20 heavy (non-hydrogen) atoms. The Morgan fingerprint density at radius 3 is 2.80 bits per heavy atom. The van der Waals surface area contributed by atoms with Crippen LogP contribution >= 0.6 is 0 Å². The van der Waals surface area contributed by atoms with Crippen molar-refractivity contribution in [3.05, 3.63) is 32.9 Å². The van der Waals surface area contributed by atoms with E-state index >= 15 is 0 Å². The molecule has 1 amide bonds. The van der Waals surface area contributed by atoms with Crippen molar-refractivity contribution in [1.82, 2.24) is 14.9 Å². The number of carbonyl (C=O) groups excluding carboxylic acids is 1. The molecular formula is C13H18FN3O3. The lowest BCUT2D eigenvalue weighted by Crippen LogP contribution is -2.48. The van der Waals surface area contributed by atoms with Gasteiger partial charge in [0.25, 0.3) is 5.56 Å². The van der Waals surface area contributed by atoms with Crippen molar-refractivity contribution in [2.75, 3.05) is 0 Å². The number of nitrogens with zero attached hydrogens (tertiary/aromatic N) is 1. The zero-order valence-corrected chi connectivity index (χ0v) is 11.5. The van der Waals surface area contributed by atoms with Crippen LogP contribution in [0, 0.1) is 17.7 Å². The van der Waals surface area contributed by atoms with Crippen LogP contribution in [0.25, 0.3) is 0 Å². The van der Waals surface area contributed by atoms with Crippen molar-refractivity contribution in [1.29, 1.82) is 0 Å². The summed E-state index contributed by atoms with van der Waals surface area (Å²) in [7, 11) is 0. The number of aromatic amines is 1. The van der Waals surface area contributed by atoms with Crippen LogP contribution in [0.1, 0.15) is 33.1 Å². The highest BCUT2D eigenvalue weighted by molar-refractivity contribution is 5.76. The second-order valence-corrected chi connectivity index (χ2v) is 5.56. The van der Waals surface area contributed by atoms with Crippen LogP contribution in [0.15, 0.2) is 15.8 Å². The third kappa shape index (κ3) is 2.97. The number of H-pyrrole nitrogens is 1. The Morgan fingerprint density at radius 1 is 1.40 bits per heavy atom. The summed E-state index contributed by atoms with van der Waals surface area (Å²) in [5.41, 5.74) is -2.07. The van der Waals surface area contributed by atoms with Gasteiger partial charge in [-0.15, -0.1) is 0 Å². The molecule has 0 bridgehead atoms. The number of hydrogen-bond acceptors (Lipinski definition) is 3. The molecule has 3 atom stereocenters. The molecule has 1 fully saturated rings. The number of amides is 1. The zero-order chi connectivity index (χ0) is 14.9. The fourth-order valence-corrected chi connectivity index (χ4v) is 2.56. The van der Waals surface area contributed by atoms with Crippen molar-refractivity contribution in [3.8, 4) is 0 Å². The largest absolute Gasteiger partial charge is 0.336 e. The fourth-order valence-electron chi connectivity index (χ4n) is 2.56. The fraction of sp³-hybridized carbons (Fsp3) is 0.615. The van der Waals surface area contributed by atoms with Gasteiger partial charge in [-0.3, -0.25) is 9.78 Å². The number of aromatic nitrogens is 2. The van der Waals surface area contributed by atoms with E-state index in [0.717, 1.165) is 19.3 Å². The molecule has 3 unspecified atom stereocenters. The first kappa shape index (κ1) is 14.5. The van der Waals surface area contributed by atoms with Gasteiger partial charge in [0.2, 0.25) is 5.82 Å². The summed E-state index contributed by atoms with van der Waals surface area (Å²) in [4.78, 5) is 36.2. The summed E-state index contributed by atoms with van der Waals surface area (Å²) in [6, 6.07) is -0.760. The van der Waals surface area contributed by atoms with Crippen molar-refractivity contribution in [2.45, 2.75) is 39.2 Å². The van der Waals surface area contributed by atoms with Gasteiger partial charge in [-0.2, -0.15) is 4.39 Å². The molecule has 0 saturated heterocycles. The zero-order valence-electron chi connectivity index (χ0n) is 11.5. The molecule has 1 saturated carbocycles. The standard InChI is InChI=1S/C13H18FN3O3/c1-7-3-4-8(2)10(5-7)15-12(19)17-6-9(14)11(18)16-13(17)20/h6-8,10H,3-5H2,1-2H3,(H,15,19)(H,16,18,20). The van der Waals surface area contributed by atoms with E-state index in [9.17, 15) is 18.8 Å². The van der Waals surface area contributed by atoms with E-state index in [-0.39, 0.29) is 6.04 Å². The Hall–Kier alpha value is -1.92. The molecule has 0 aliphatic heterocycles. The van der Waals surface area contributed by atoms with Crippen LogP contribution in [0.4, 0.5) is 9.18 Å². The monoisotopic (exact) mass is 283 g/mol. The van der Waals surface area contributed by atoms with Crippen molar-refractivity contribution < 1.29 is 9.18 Å². The predicted octanol–water partition coefficient (Wildman–Crippen LogP) is 1.06. The molecule has 1 aromatic heterocycles. The van der Waals surface area contributed by atoms with E-state index in [1.54, 1.807) is 4.98 Å². The van der Waals surface area contributed by atoms with E-state index in [4.69, 9.17) is 0 Å². The Bertz CT molecular complexity index is 622. The molecule has 2 N–H and O–H groups in total. The van der Waals surface area contributed by atoms with E-state index < -0.39 is 23.1 Å². The minimum atomic E-state index is -1.16. The van der Waals surface area contributed by atoms with Crippen LogP contribution in [-0.2, 0) is 0 Å². The van der Waals surface area contributed by atoms with Crippen LogP contribution in [0.2, 0.25) is 0 Å². The number of nitrogens with one attached hydrogen (secondary N) is 2. The molecule has 0 spiro atoms.